The number of benzene rings is 1. The number of sulfone groups is 1. The zero-order valence-electron chi connectivity index (χ0n) is 30.1. The maximum atomic E-state index is 14.4. The fourth-order valence-corrected chi connectivity index (χ4v) is 9.64. The highest BCUT2D eigenvalue weighted by molar-refractivity contribution is 7.91. The fourth-order valence-electron chi connectivity index (χ4n) is 7.97. The van der Waals surface area contributed by atoms with Crippen molar-refractivity contribution < 1.29 is 46.3 Å². The van der Waals surface area contributed by atoms with Crippen molar-refractivity contribution in [2.45, 2.75) is 133 Å². The van der Waals surface area contributed by atoms with Gasteiger partial charge < -0.3 is 30.3 Å². The molecule has 16 heteroatoms. The molecule has 0 bridgehead atoms. The summed E-state index contributed by atoms with van der Waals surface area (Å²) < 4.78 is 50.0. The van der Waals surface area contributed by atoms with E-state index < -0.39 is 80.9 Å². The molecule has 1 saturated carbocycles. The Balaban J connectivity index is 1.23. The molecule has 4 aliphatic heterocycles. The van der Waals surface area contributed by atoms with Gasteiger partial charge in [-0.15, -0.1) is 0 Å². The minimum Gasteiger partial charge on any atom is -0.444 e. The van der Waals surface area contributed by atoms with Crippen molar-refractivity contribution in [1.82, 2.24) is 25.8 Å². The first-order chi connectivity index (χ1) is 24.5. The van der Waals surface area contributed by atoms with E-state index in [1.54, 1.807) is 32.9 Å². The predicted octanol–water partition coefficient (Wildman–Crippen LogP) is 3.06. The van der Waals surface area contributed by atoms with Gasteiger partial charge >= 0.3 is 12.2 Å². The van der Waals surface area contributed by atoms with Gasteiger partial charge in [0.15, 0.2) is 9.84 Å². The molecule has 1 aromatic carbocycles. The SMILES string of the molecule is CC(C)(C)OC(=O)N[C@H]1CCCCCCC[C@@H]2C[C@@]2(C(=O)N[C@@H]2CCS(=O)(=O)C2)NC(=O)[C@@H]2C[C@@H](OC(=O)N3Cc4cccc(F)c4C3)CN2C1=O. The molecule has 5 aliphatic rings. The van der Waals surface area contributed by atoms with Crippen molar-refractivity contribution >= 4 is 39.7 Å². The number of hydrogen-bond acceptors (Lipinski definition) is 9. The number of halogens is 1. The number of carbonyl (C=O) groups is 5. The van der Waals surface area contributed by atoms with Crippen LogP contribution in [0.15, 0.2) is 18.2 Å². The van der Waals surface area contributed by atoms with E-state index >= 15 is 0 Å². The average molecular weight is 748 g/mol. The lowest BCUT2D eigenvalue weighted by atomic mass is 10.0. The van der Waals surface area contributed by atoms with Gasteiger partial charge in [0, 0.05) is 24.6 Å². The van der Waals surface area contributed by atoms with Crippen molar-refractivity contribution in [2.75, 3.05) is 18.1 Å². The Labute approximate surface area is 303 Å². The van der Waals surface area contributed by atoms with Gasteiger partial charge in [0.25, 0.3) is 0 Å². The number of nitrogens with one attached hydrogen (secondary N) is 3. The van der Waals surface area contributed by atoms with Crippen molar-refractivity contribution in [3.8, 4) is 0 Å². The molecule has 0 unspecified atom stereocenters. The Hall–Kier alpha value is -3.95. The second-order valence-corrected chi connectivity index (χ2v) is 18.2. The summed E-state index contributed by atoms with van der Waals surface area (Å²) in [5.74, 6) is -2.36. The van der Waals surface area contributed by atoms with Crippen LogP contribution in [0.2, 0.25) is 0 Å². The third-order valence-corrected chi connectivity index (χ3v) is 12.5. The van der Waals surface area contributed by atoms with Crippen LogP contribution in [0.25, 0.3) is 0 Å². The van der Waals surface area contributed by atoms with Crippen LogP contribution < -0.4 is 16.0 Å². The molecule has 3 saturated heterocycles. The molecule has 0 aromatic heterocycles. The van der Waals surface area contributed by atoms with E-state index in [0.717, 1.165) is 25.7 Å². The molecule has 0 spiro atoms. The molecule has 286 valence electrons. The molecule has 1 aliphatic carbocycles. The maximum absolute atomic E-state index is 14.4. The second kappa shape index (κ2) is 14.8. The minimum absolute atomic E-state index is 0.0169. The molecule has 3 N–H and O–H groups in total. The van der Waals surface area contributed by atoms with E-state index in [1.165, 1.54) is 15.9 Å². The zero-order valence-corrected chi connectivity index (χ0v) is 30.9. The lowest BCUT2D eigenvalue weighted by Crippen LogP contribution is -2.58. The van der Waals surface area contributed by atoms with Gasteiger partial charge in [-0.1, -0.05) is 44.2 Å². The first kappa shape index (κ1) is 37.8. The molecule has 6 atom stereocenters. The van der Waals surface area contributed by atoms with Crippen LogP contribution in [0.5, 0.6) is 0 Å². The normalized spacial score (nSPS) is 30.5. The summed E-state index contributed by atoms with van der Waals surface area (Å²) in [6, 6.07) is 1.90. The number of rotatable bonds is 4. The Morgan fingerprint density at radius 1 is 1.00 bits per heavy atom. The molecule has 4 heterocycles. The highest BCUT2D eigenvalue weighted by Gasteiger charge is 2.62. The van der Waals surface area contributed by atoms with Crippen LogP contribution in [0.4, 0.5) is 14.0 Å². The molecular formula is C36H50FN5O9S. The summed E-state index contributed by atoms with van der Waals surface area (Å²) in [5.41, 5.74) is -1.02. The monoisotopic (exact) mass is 747 g/mol. The van der Waals surface area contributed by atoms with Gasteiger partial charge in [0.05, 0.1) is 24.6 Å². The van der Waals surface area contributed by atoms with Crippen molar-refractivity contribution in [3.63, 3.8) is 0 Å². The summed E-state index contributed by atoms with van der Waals surface area (Å²) in [4.78, 5) is 71.3. The number of ether oxygens (including phenoxy) is 2. The number of fused-ring (bicyclic) bond motifs is 3. The topological polar surface area (TPSA) is 181 Å². The van der Waals surface area contributed by atoms with Gasteiger partial charge in [-0.2, -0.15) is 0 Å². The summed E-state index contributed by atoms with van der Waals surface area (Å²) in [7, 11) is -3.26. The Morgan fingerprint density at radius 2 is 1.73 bits per heavy atom. The van der Waals surface area contributed by atoms with Gasteiger partial charge in [0.1, 0.15) is 35.1 Å². The van der Waals surface area contributed by atoms with Crippen molar-refractivity contribution in [1.29, 1.82) is 0 Å². The molecule has 52 heavy (non-hydrogen) atoms. The zero-order chi connectivity index (χ0) is 37.4. The third-order valence-electron chi connectivity index (χ3n) is 10.8. The number of alkyl carbamates (subject to hydrolysis) is 1. The van der Waals surface area contributed by atoms with Gasteiger partial charge in [-0.05, 0) is 64.0 Å². The number of nitrogens with zero attached hydrogens (tertiary/aromatic N) is 2. The standard InChI is InChI=1S/C36H50FN5O9S/c1-35(2,3)51-33(46)39-28-13-8-6-4-5-7-11-23-17-36(23,32(45)38-24-14-15-52(48,49)21-24)40-30(43)29-16-25(19-42(29)31(28)44)50-34(47)41-18-22-10-9-12-27(37)26(22)20-41/h9-10,12,23-25,28-29H,4-8,11,13-21H2,1-3H3,(H,38,45)(H,39,46)(H,40,43)/t23-,24-,25-,28+,29+,36-/m1/s1. The summed E-state index contributed by atoms with van der Waals surface area (Å²) >= 11 is 0. The first-order valence-electron chi connectivity index (χ1n) is 18.4. The van der Waals surface area contributed by atoms with Gasteiger partial charge in [-0.25, -0.2) is 22.4 Å². The maximum Gasteiger partial charge on any atom is 0.410 e. The van der Waals surface area contributed by atoms with Crippen LogP contribution in [0.1, 0.15) is 96.1 Å². The van der Waals surface area contributed by atoms with Gasteiger partial charge in [-0.3, -0.25) is 19.3 Å². The average Bonchev–Trinajstić information content (AvgIpc) is 3.36. The fraction of sp³-hybridized carbons (Fsp3) is 0.694. The first-order valence-corrected chi connectivity index (χ1v) is 20.2. The third kappa shape index (κ3) is 8.63. The molecule has 14 nitrogen and oxygen atoms in total. The number of hydrogen-bond donors (Lipinski definition) is 3. The lowest BCUT2D eigenvalue weighted by molar-refractivity contribution is -0.141. The second-order valence-electron chi connectivity index (χ2n) is 16.0. The van der Waals surface area contributed by atoms with Crippen LogP contribution in [0, 0.1) is 11.7 Å². The Bertz CT molecular complexity index is 1700. The highest BCUT2D eigenvalue weighted by atomic mass is 32.2. The Kier molecular flexibility index (Phi) is 10.8. The molecule has 6 rings (SSSR count). The highest BCUT2D eigenvalue weighted by Crippen LogP contribution is 2.48. The molecule has 1 aromatic rings. The number of amides is 5. The quantitative estimate of drug-likeness (QED) is 0.417. The van der Waals surface area contributed by atoms with Crippen LogP contribution in [-0.4, -0.2) is 102 Å². The van der Waals surface area contributed by atoms with Crippen LogP contribution in [0.3, 0.4) is 0 Å². The molecule has 0 radical (unpaired) electrons. The molecular weight excluding hydrogens is 697 g/mol. The van der Waals surface area contributed by atoms with Crippen molar-refractivity contribution in [2.24, 2.45) is 5.92 Å². The van der Waals surface area contributed by atoms with Crippen LogP contribution >= 0.6 is 0 Å². The molecule has 5 amide bonds. The van der Waals surface area contributed by atoms with Crippen molar-refractivity contribution in [3.05, 3.63) is 35.1 Å². The summed E-state index contributed by atoms with van der Waals surface area (Å²) in [5, 5.41) is 8.53. The van der Waals surface area contributed by atoms with Gasteiger partial charge in [0.2, 0.25) is 17.7 Å². The van der Waals surface area contributed by atoms with E-state index in [-0.39, 0.29) is 43.5 Å². The summed E-state index contributed by atoms with van der Waals surface area (Å²) in [6.07, 6.45) is 3.18. The van der Waals surface area contributed by atoms with E-state index in [2.05, 4.69) is 16.0 Å². The minimum atomic E-state index is -3.26. The Morgan fingerprint density at radius 3 is 2.42 bits per heavy atom. The van der Waals surface area contributed by atoms with E-state index in [1.807, 2.05) is 0 Å². The molecule has 4 fully saturated rings. The number of carbonyl (C=O) groups excluding carboxylic acids is 5. The van der Waals surface area contributed by atoms with E-state index in [4.69, 9.17) is 9.47 Å². The largest absolute Gasteiger partial charge is 0.444 e. The van der Waals surface area contributed by atoms with Crippen LogP contribution in [-0.2, 0) is 46.8 Å². The summed E-state index contributed by atoms with van der Waals surface area (Å²) in [6.45, 7) is 5.15. The van der Waals surface area contributed by atoms with E-state index in [9.17, 15) is 36.8 Å². The predicted molar refractivity (Wildman–Crippen MR) is 186 cm³/mol. The lowest BCUT2D eigenvalue weighted by Gasteiger charge is -2.30. The smallest absolute Gasteiger partial charge is 0.410 e. The van der Waals surface area contributed by atoms with E-state index in [0.29, 0.717) is 43.2 Å².